The van der Waals surface area contributed by atoms with Gasteiger partial charge in [0.2, 0.25) is 0 Å². The molecule has 0 fully saturated rings. The van der Waals surface area contributed by atoms with Crippen LogP contribution >= 0.6 is 0 Å². The number of amides is 1. The quantitative estimate of drug-likeness (QED) is 0.534. The van der Waals surface area contributed by atoms with Crippen LogP contribution in [0.4, 0.5) is 20.2 Å². The molecule has 7 nitrogen and oxygen atoms in total. The van der Waals surface area contributed by atoms with Crippen LogP contribution in [0.5, 0.6) is 11.5 Å². The summed E-state index contributed by atoms with van der Waals surface area (Å²) in [5.41, 5.74) is 0.767. The number of benzene rings is 3. The van der Waals surface area contributed by atoms with Crippen LogP contribution in [-0.4, -0.2) is 28.0 Å². The molecule has 31 heavy (non-hydrogen) atoms. The Hall–Kier alpha value is -3.66. The maximum Gasteiger partial charge on any atom is 0.387 e. The molecule has 1 amide bonds. The minimum atomic E-state index is -3.94. The van der Waals surface area contributed by atoms with Gasteiger partial charge in [0.25, 0.3) is 15.9 Å². The van der Waals surface area contributed by atoms with Gasteiger partial charge in [-0.1, -0.05) is 6.07 Å². The number of carbonyl (C=O) groups excluding carboxylic acids is 1. The highest BCUT2D eigenvalue weighted by Crippen LogP contribution is 2.21. The van der Waals surface area contributed by atoms with Gasteiger partial charge in [0, 0.05) is 16.9 Å². The minimum Gasteiger partial charge on any atom is -0.497 e. The highest BCUT2D eigenvalue weighted by molar-refractivity contribution is 7.92. The summed E-state index contributed by atoms with van der Waals surface area (Å²) in [6, 6.07) is 17.1. The summed E-state index contributed by atoms with van der Waals surface area (Å²) in [6.45, 7) is -2.95. The molecule has 0 radical (unpaired) electrons. The zero-order valence-electron chi connectivity index (χ0n) is 16.2. The van der Waals surface area contributed by atoms with E-state index in [1.165, 1.54) is 55.6 Å². The number of alkyl halides is 2. The van der Waals surface area contributed by atoms with Gasteiger partial charge in [-0.2, -0.15) is 8.78 Å². The minimum absolute atomic E-state index is 0.0503. The fourth-order valence-corrected chi connectivity index (χ4v) is 3.70. The van der Waals surface area contributed by atoms with Crippen molar-refractivity contribution >= 4 is 27.3 Å². The topological polar surface area (TPSA) is 93.7 Å². The number of rotatable bonds is 8. The summed E-state index contributed by atoms with van der Waals surface area (Å²) in [7, 11) is -2.44. The average Bonchev–Trinajstić information content (AvgIpc) is 2.75. The lowest BCUT2D eigenvalue weighted by Crippen LogP contribution is -2.16. The third-order valence-electron chi connectivity index (χ3n) is 4.09. The first-order chi connectivity index (χ1) is 14.8. The SMILES string of the molecule is COc1ccc(NS(=O)(=O)c2cccc(C(=O)Nc3ccc(OC(F)F)cc3)c2)cc1. The Morgan fingerprint density at radius 1 is 0.903 bits per heavy atom. The first kappa shape index (κ1) is 22.0. The van der Waals surface area contributed by atoms with Crippen molar-refractivity contribution in [3.8, 4) is 11.5 Å². The van der Waals surface area contributed by atoms with Crippen molar-refractivity contribution in [1.29, 1.82) is 0 Å². The van der Waals surface area contributed by atoms with Crippen LogP contribution in [0.1, 0.15) is 10.4 Å². The molecule has 0 unspecified atom stereocenters. The molecule has 0 aliphatic rings. The van der Waals surface area contributed by atoms with Gasteiger partial charge in [-0.05, 0) is 66.7 Å². The summed E-state index contributed by atoms with van der Waals surface area (Å²) >= 11 is 0. The molecule has 0 heterocycles. The van der Waals surface area contributed by atoms with E-state index in [-0.39, 0.29) is 16.2 Å². The Kier molecular flexibility index (Phi) is 6.71. The highest BCUT2D eigenvalue weighted by Gasteiger charge is 2.17. The molecule has 0 atom stereocenters. The molecule has 0 spiro atoms. The molecule has 0 bridgehead atoms. The second kappa shape index (κ2) is 9.43. The fraction of sp³-hybridized carbons (Fsp3) is 0.0952. The van der Waals surface area contributed by atoms with Gasteiger partial charge in [0.15, 0.2) is 0 Å². The van der Waals surface area contributed by atoms with Crippen LogP contribution in [0.2, 0.25) is 0 Å². The number of halogens is 2. The zero-order chi connectivity index (χ0) is 22.4. The first-order valence-electron chi connectivity index (χ1n) is 8.90. The van der Waals surface area contributed by atoms with Crippen molar-refractivity contribution in [3.05, 3.63) is 78.4 Å². The number of sulfonamides is 1. The Bertz CT molecular complexity index is 1150. The number of hydrogen-bond donors (Lipinski definition) is 2. The number of nitrogens with one attached hydrogen (secondary N) is 2. The Morgan fingerprint density at radius 2 is 1.52 bits per heavy atom. The number of hydrogen-bond acceptors (Lipinski definition) is 5. The van der Waals surface area contributed by atoms with E-state index < -0.39 is 22.5 Å². The molecule has 10 heteroatoms. The second-order valence-electron chi connectivity index (χ2n) is 6.22. The summed E-state index contributed by atoms with van der Waals surface area (Å²) in [6.07, 6.45) is 0. The Balaban J connectivity index is 1.72. The molecule has 3 rings (SSSR count). The second-order valence-corrected chi connectivity index (χ2v) is 7.90. The normalized spacial score (nSPS) is 11.1. The van der Waals surface area contributed by atoms with Crippen molar-refractivity contribution in [2.24, 2.45) is 0 Å². The standard InChI is InChI=1S/C21H18F2N2O5S/c1-29-17-9-7-16(8-10-17)25-31(27,28)19-4-2-3-14(13-19)20(26)24-15-5-11-18(12-6-15)30-21(22)23/h2-13,21,25H,1H3,(H,24,26). The summed E-state index contributed by atoms with van der Waals surface area (Å²) in [4.78, 5) is 12.4. The van der Waals surface area contributed by atoms with Gasteiger partial charge < -0.3 is 14.8 Å². The summed E-state index contributed by atoms with van der Waals surface area (Å²) < 4.78 is 61.5. The van der Waals surface area contributed by atoms with Gasteiger partial charge in [-0.3, -0.25) is 9.52 Å². The van der Waals surface area contributed by atoms with Crippen LogP contribution < -0.4 is 19.5 Å². The van der Waals surface area contributed by atoms with E-state index in [2.05, 4.69) is 14.8 Å². The lowest BCUT2D eigenvalue weighted by Gasteiger charge is -2.11. The van der Waals surface area contributed by atoms with E-state index in [9.17, 15) is 22.0 Å². The van der Waals surface area contributed by atoms with Crippen molar-refractivity contribution in [2.75, 3.05) is 17.1 Å². The Labute approximate surface area is 177 Å². The maximum absolute atomic E-state index is 12.7. The van der Waals surface area contributed by atoms with Crippen LogP contribution in [0, 0.1) is 0 Å². The van der Waals surface area contributed by atoms with Crippen LogP contribution in [0.3, 0.4) is 0 Å². The van der Waals surface area contributed by atoms with Gasteiger partial charge in [-0.15, -0.1) is 0 Å². The molecule has 3 aromatic carbocycles. The summed E-state index contributed by atoms with van der Waals surface area (Å²) in [5.74, 6) is -0.0369. The molecule has 0 aliphatic heterocycles. The zero-order valence-corrected chi connectivity index (χ0v) is 17.0. The first-order valence-corrected chi connectivity index (χ1v) is 10.4. The summed E-state index contributed by atoms with van der Waals surface area (Å²) in [5, 5.41) is 2.57. The number of anilines is 2. The number of ether oxygens (including phenoxy) is 2. The van der Waals surface area contributed by atoms with Gasteiger partial charge >= 0.3 is 6.61 Å². The van der Waals surface area contributed by atoms with E-state index in [1.54, 1.807) is 24.3 Å². The molecular weight excluding hydrogens is 430 g/mol. The monoisotopic (exact) mass is 448 g/mol. The van der Waals surface area contributed by atoms with Gasteiger partial charge in [0.05, 0.1) is 12.0 Å². The molecule has 0 aromatic heterocycles. The molecule has 0 aliphatic carbocycles. The molecular formula is C21H18F2N2O5S. The molecule has 3 aromatic rings. The third-order valence-corrected chi connectivity index (χ3v) is 5.47. The lowest BCUT2D eigenvalue weighted by atomic mass is 10.2. The van der Waals surface area contributed by atoms with E-state index in [4.69, 9.17) is 4.74 Å². The predicted molar refractivity (Wildman–Crippen MR) is 111 cm³/mol. The molecule has 162 valence electrons. The largest absolute Gasteiger partial charge is 0.497 e. The smallest absolute Gasteiger partial charge is 0.387 e. The van der Waals surface area contributed by atoms with Crippen LogP contribution in [-0.2, 0) is 10.0 Å². The van der Waals surface area contributed by atoms with Crippen LogP contribution in [0.15, 0.2) is 77.7 Å². The third kappa shape index (κ3) is 5.92. The fourth-order valence-electron chi connectivity index (χ4n) is 2.60. The molecule has 2 N–H and O–H groups in total. The molecule has 0 saturated heterocycles. The predicted octanol–water partition coefficient (Wildman–Crippen LogP) is 4.35. The van der Waals surface area contributed by atoms with Gasteiger partial charge in [0.1, 0.15) is 11.5 Å². The van der Waals surface area contributed by atoms with Crippen LogP contribution in [0.25, 0.3) is 0 Å². The van der Waals surface area contributed by atoms with E-state index in [0.29, 0.717) is 17.1 Å². The van der Waals surface area contributed by atoms with Crippen molar-refractivity contribution < 1.29 is 31.5 Å². The van der Waals surface area contributed by atoms with E-state index >= 15 is 0 Å². The lowest BCUT2D eigenvalue weighted by molar-refractivity contribution is -0.0498. The van der Waals surface area contributed by atoms with Gasteiger partial charge in [-0.25, -0.2) is 8.42 Å². The van der Waals surface area contributed by atoms with Crippen molar-refractivity contribution in [2.45, 2.75) is 11.5 Å². The van der Waals surface area contributed by atoms with E-state index in [1.807, 2.05) is 0 Å². The van der Waals surface area contributed by atoms with E-state index in [0.717, 1.165) is 0 Å². The highest BCUT2D eigenvalue weighted by atomic mass is 32.2. The maximum atomic E-state index is 12.7. The number of carbonyl (C=O) groups is 1. The Morgan fingerprint density at radius 3 is 2.13 bits per heavy atom. The molecule has 0 saturated carbocycles. The van der Waals surface area contributed by atoms with Crippen molar-refractivity contribution in [1.82, 2.24) is 0 Å². The average molecular weight is 448 g/mol. The van der Waals surface area contributed by atoms with Crippen molar-refractivity contribution in [3.63, 3.8) is 0 Å². The number of methoxy groups -OCH3 is 1.